The number of hydrogen-bond acceptors (Lipinski definition) is 3. The topological polar surface area (TPSA) is 38.5 Å². The van der Waals surface area contributed by atoms with Gasteiger partial charge in [0.15, 0.2) is 0 Å². The number of hydrogen-bond donors (Lipinski definition) is 1. The second-order valence-corrected chi connectivity index (χ2v) is 5.56. The maximum atomic E-state index is 5.69. The number of likely N-dealkylation sites (tertiary alicyclic amines) is 1. The van der Waals surface area contributed by atoms with Gasteiger partial charge in [-0.3, -0.25) is 4.90 Å². The molecule has 0 saturated carbocycles. The average Bonchev–Trinajstić information content (AvgIpc) is 2.73. The van der Waals surface area contributed by atoms with Crippen LogP contribution >= 0.6 is 0 Å². The molecule has 1 fully saturated rings. The van der Waals surface area contributed by atoms with Crippen molar-refractivity contribution in [3.05, 3.63) is 0 Å². The van der Waals surface area contributed by atoms with E-state index < -0.39 is 0 Å². The van der Waals surface area contributed by atoms with Crippen molar-refractivity contribution in [2.45, 2.75) is 52.0 Å². The van der Waals surface area contributed by atoms with Crippen molar-refractivity contribution in [1.82, 2.24) is 4.90 Å². The fourth-order valence-electron chi connectivity index (χ4n) is 2.47. The van der Waals surface area contributed by atoms with E-state index in [9.17, 15) is 0 Å². The predicted octanol–water partition coefficient (Wildman–Crippen LogP) is 2.25. The lowest BCUT2D eigenvalue weighted by atomic mass is 10.1. The minimum atomic E-state index is 0.749. The van der Waals surface area contributed by atoms with E-state index in [0.717, 1.165) is 44.7 Å². The van der Waals surface area contributed by atoms with E-state index in [1.54, 1.807) is 0 Å². The number of rotatable bonds is 9. The monoisotopic (exact) mass is 242 g/mol. The molecule has 2 N–H and O–H groups in total. The van der Waals surface area contributed by atoms with Gasteiger partial charge in [0.25, 0.3) is 0 Å². The van der Waals surface area contributed by atoms with Crippen molar-refractivity contribution in [1.29, 1.82) is 0 Å². The highest BCUT2D eigenvalue weighted by molar-refractivity contribution is 4.78. The largest absolute Gasteiger partial charge is 0.380 e. The molecule has 0 aromatic heterocycles. The number of ether oxygens (including phenoxy) is 1. The maximum Gasteiger partial charge on any atom is 0.0593 e. The Labute approximate surface area is 107 Å². The summed E-state index contributed by atoms with van der Waals surface area (Å²) >= 11 is 0. The van der Waals surface area contributed by atoms with Crippen LogP contribution in [0.25, 0.3) is 0 Å². The molecule has 3 heteroatoms. The Kier molecular flexibility index (Phi) is 7.82. The van der Waals surface area contributed by atoms with Crippen molar-refractivity contribution < 1.29 is 4.74 Å². The van der Waals surface area contributed by atoms with Gasteiger partial charge in [0, 0.05) is 19.2 Å². The van der Waals surface area contributed by atoms with Crippen LogP contribution in [0.3, 0.4) is 0 Å². The summed E-state index contributed by atoms with van der Waals surface area (Å²) in [6.07, 6.45) is 6.31. The average molecular weight is 242 g/mol. The van der Waals surface area contributed by atoms with Gasteiger partial charge < -0.3 is 10.5 Å². The van der Waals surface area contributed by atoms with Gasteiger partial charge in [-0.2, -0.15) is 0 Å². The van der Waals surface area contributed by atoms with Crippen molar-refractivity contribution in [2.75, 3.05) is 32.8 Å². The Balaban J connectivity index is 2.04. The van der Waals surface area contributed by atoms with Crippen LogP contribution in [0.4, 0.5) is 0 Å². The van der Waals surface area contributed by atoms with Crippen molar-refractivity contribution >= 4 is 0 Å². The highest BCUT2D eigenvalue weighted by Crippen LogP contribution is 2.20. The van der Waals surface area contributed by atoms with Gasteiger partial charge in [0.2, 0.25) is 0 Å². The molecular weight excluding hydrogens is 212 g/mol. The second kappa shape index (κ2) is 8.90. The Morgan fingerprint density at radius 2 is 2.18 bits per heavy atom. The lowest BCUT2D eigenvalue weighted by Gasteiger charge is -2.24. The molecule has 0 aromatic carbocycles. The van der Waals surface area contributed by atoms with Crippen molar-refractivity contribution in [3.8, 4) is 0 Å². The zero-order chi connectivity index (χ0) is 12.5. The quantitative estimate of drug-likeness (QED) is 0.630. The fraction of sp³-hybridized carbons (Fsp3) is 1.00. The molecule has 1 aliphatic rings. The molecule has 3 nitrogen and oxygen atoms in total. The zero-order valence-electron chi connectivity index (χ0n) is 11.7. The second-order valence-electron chi connectivity index (χ2n) is 5.56. The van der Waals surface area contributed by atoms with Crippen LogP contribution in [-0.4, -0.2) is 43.8 Å². The van der Waals surface area contributed by atoms with Gasteiger partial charge in [-0.1, -0.05) is 13.8 Å². The third-order valence-electron chi connectivity index (χ3n) is 3.60. The molecule has 102 valence electrons. The van der Waals surface area contributed by atoms with Crippen molar-refractivity contribution in [3.63, 3.8) is 0 Å². The van der Waals surface area contributed by atoms with Gasteiger partial charge in [-0.05, 0) is 51.1 Å². The van der Waals surface area contributed by atoms with Crippen LogP contribution in [0, 0.1) is 5.92 Å². The maximum absolute atomic E-state index is 5.69. The van der Waals surface area contributed by atoms with Gasteiger partial charge in [-0.25, -0.2) is 0 Å². The molecule has 1 rings (SSSR count). The Bertz CT molecular complexity index is 185. The Morgan fingerprint density at radius 3 is 2.88 bits per heavy atom. The third kappa shape index (κ3) is 6.39. The van der Waals surface area contributed by atoms with Crippen LogP contribution in [-0.2, 0) is 4.74 Å². The first kappa shape index (κ1) is 14.9. The molecule has 0 aromatic rings. The van der Waals surface area contributed by atoms with Crippen LogP contribution < -0.4 is 5.73 Å². The highest BCUT2D eigenvalue weighted by Gasteiger charge is 2.23. The normalized spacial score (nSPS) is 21.5. The standard InChI is InChI=1S/C14H30N2O/c1-13(2)7-11-17-12-10-16-9-4-6-14(16)5-3-8-15/h13-14H,3-12,15H2,1-2H3. The molecule has 0 radical (unpaired) electrons. The summed E-state index contributed by atoms with van der Waals surface area (Å²) in [7, 11) is 0. The van der Waals surface area contributed by atoms with Crippen LogP contribution in [0.2, 0.25) is 0 Å². The van der Waals surface area contributed by atoms with E-state index in [-0.39, 0.29) is 0 Å². The van der Waals surface area contributed by atoms with Crippen LogP contribution in [0.15, 0.2) is 0 Å². The SMILES string of the molecule is CC(C)CCOCCN1CCCC1CCCN. The summed E-state index contributed by atoms with van der Waals surface area (Å²) in [5, 5.41) is 0. The van der Waals surface area contributed by atoms with Gasteiger partial charge >= 0.3 is 0 Å². The summed E-state index contributed by atoms with van der Waals surface area (Å²) in [5.41, 5.74) is 5.58. The molecule has 0 spiro atoms. The summed E-state index contributed by atoms with van der Waals surface area (Å²) in [5.74, 6) is 0.749. The van der Waals surface area contributed by atoms with E-state index in [1.807, 2.05) is 0 Å². The summed E-state index contributed by atoms with van der Waals surface area (Å²) in [6.45, 7) is 9.48. The van der Waals surface area contributed by atoms with Crippen LogP contribution in [0.1, 0.15) is 46.0 Å². The number of nitrogens with two attached hydrogens (primary N) is 1. The summed E-state index contributed by atoms with van der Waals surface area (Å²) < 4.78 is 5.69. The Morgan fingerprint density at radius 1 is 1.35 bits per heavy atom. The smallest absolute Gasteiger partial charge is 0.0593 e. The van der Waals surface area contributed by atoms with Crippen molar-refractivity contribution in [2.24, 2.45) is 11.7 Å². The lowest BCUT2D eigenvalue weighted by molar-refractivity contribution is 0.0908. The minimum Gasteiger partial charge on any atom is -0.380 e. The molecule has 1 aliphatic heterocycles. The minimum absolute atomic E-state index is 0.749. The molecular formula is C14H30N2O. The molecule has 0 amide bonds. The van der Waals surface area contributed by atoms with Gasteiger partial charge in [-0.15, -0.1) is 0 Å². The molecule has 0 aliphatic carbocycles. The molecule has 1 unspecified atom stereocenters. The van der Waals surface area contributed by atoms with E-state index in [2.05, 4.69) is 18.7 Å². The first-order valence-corrected chi connectivity index (χ1v) is 7.26. The summed E-state index contributed by atoms with van der Waals surface area (Å²) in [6, 6.07) is 0.771. The van der Waals surface area contributed by atoms with E-state index >= 15 is 0 Å². The molecule has 17 heavy (non-hydrogen) atoms. The van der Waals surface area contributed by atoms with Crippen LogP contribution in [0.5, 0.6) is 0 Å². The first-order chi connectivity index (χ1) is 8.24. The molecule has 1 saturated heterocycles. The summed E-state index contributed by atoms with van der Waals surface area (Å²) in [4.78, 5) is 2.59. The lowest BCUT2D eigenvalue weighted by Crippen LogP contribution is -2.33. The number of nitrogens with zero attached hydrogens (tertiary/aromatic N) is 1. The highest BCUT2D eigenvalue weighted by atomic mass is 16.5. The fourth-order valence-corrected chi connectivity index (χ4v) is 2.47. The van der Waals surface area contributed by atoms with E-state index in [1.165, 1.54) is 32.2 Å². The molecule has 1 atom stereocenters. The zero-order valence-corrected chi connectivity index (χ0v) is 11.7. The van der Waals surface area contributed by atoms with Gasteiger partial charge in [0.1, 0.15) is 0 Å². The van der Waals surface area contributed by atoms with Gasteiger partial charge in [0.05, 0.1) is 6.61 Å². The molecule has 1 heterocycles. The van der Waals surface area contributed by atoms with E-state index in [0.29, 0.717) is 0 Å². The first-order valence-electron chi connectivity index (χ1n) is 7.26. The Hall–Kier alpha value is -0.120. The third-order valence-corrected chi connectivity index (χ3v) is 3.60. The predicted molar refractivity (Wildman–Crippen MR) is 73.2 cm³/mol. The van der Waals surface area contributed by atoms with E-state index in [4.69, 9.17) is 10.5 Å². The molecule has 0 bridgehead atoms.